The van der Waals surface area contributed by atoms with Crippen molar-refractivity contribution in [2.24, 2.45) is 0 Å². The fourth-order valence-electron chi connectivity index (χ4n) is 6.06. The van der Waals surface area contributed by atoms with Gasteiger partial charge in [0.25, 0.3) is 0 Å². The SMILES string of the molecule is CC(CCCCCCCCCCCCCCC(C)Nc1ccc(Nc2ccccc2)cc1)Nc1ccc(Nc2ccccc2)cc1. The number of rotatable bonds is 23. The second kappa shape index (κ2) is 21.0. The van der Waals surface area contributed by atoms with Crippen molar-refractivity contribution in [3.8, 4) is 0 Å². The molecule has 4 aromatic rings. The summed E-state index contributed by atoms with van der Waals surface area (Å²) in [6, 6.07) is 38.9. The Bertz CT molecular complexity index is 1200. The molecule has 0 bridgehead atoms. The first kappa shape index (κ1) is 34.9. The molecule has 4 heteroatoms. The summed E-state index contributed by atoms with van der Waals surface area (Å²) in [4.78, 5) is 0. The Morgan fingerprint density at radius 3 is 0.913 bits per heavy atom. The molecule has 0 aliphatic heterocycles. The highest BCUT2D eigenvalue weighted by atomic mass is 14.9. The smallest absolute Gasteiger partial charge is 0.0385 e. The fourth-order valence-corrected chi connectivity index (χ4v) is 6.06. The summed E-state index contributed by atoms with van der Waals surface area (Å²) in [6.07, 6.45) is 19.0. The highest BCUT2D eigenvalue weighted by Gasteiger charge is 2.04. The molecule has 4 rings (SSSR count). The van der Waals surface area contributed by atoms with Gasteiger partial charge in [-0.05, 0) is 99.5 Å². The quantitative estimate of drug-likeness (QED) is 0.0625. The number of hydrogen-bond acceptors (Lipinski definition) is 4. The lowest BCUT2D eigenvalue weighted by atomic mass is 10.0. The Hall–Kier alpha value is -3.92. The van der Waals surface area contributed by atoms with E-state index in [9.17, 15) is 0 Å². The van der Waals surface area contributed by atoms with Crippen LogP contribution in [-0.4, -0.2) is 12.1 Å². The maximum atomic E-state index is 3.67. The zero-order chi connectivity index (χ0) is 32.1. The van der Waals surface area contributed by atoms with Gasteiger partial charge in [0, 0.05) is 46.2 Å². The molecule has 0 heterocycles. The molecule has 0 saturated heterocycles. The zero-order valence-corrected chi connectivity index (χ0v) is 28.4. The summed E-state index contributed by atoms with van der Waals surface area (Å²) >= 11 is 0. The van der Waals surface area contributed by atoms with Crippen molar-refractivity contribution in [2.45, 2.75) is 116 Å². The predicted octanol–water partition coefficient (Wildman–Crippen LogP) is 12.9. The van der Waals surface area contributed by atoms with Crippen molar-refractivity contribution in [1.82, 2.24) is 0 Å². The van der Waals surface area contributed by atoms with Gasteiger partial charge in [-0.3, -0.25) is 0 Å². The van der Waals surface area contributed by atoms with Crippen molar-refractivity contribution in [2.75, 3.05) is 21.3 Å². The largest absolute Gasteiger partial charge is 0.383 e. The Kier molecular flexibility index (Phi) is 15.9. The molecule has 2 unspecified atom stereocenters. The van der Waals surface area contributed by atoms with Gasteiger partial charge < -0.3 is 21.3 Å². The third kappa shape index (κ3) is 14.5. The van der Waals surface area contributed by atoms with Gasteiger partial charge in [-0.2, -0.15) is 0 Å². The van der Waals surface area contributed by atoms with Crippen LogP contribution in [0.15, 0.2) is 109 Å². The van der Waals surface area contributed by atoms with Crippen LogP contribution in [0, 0.1) is 0 Å². The number of hydrogen-bond donors (Lipinski definition) is 4. The number of unbranched alkanes of at least 4 members (excludes halogenated alkanes) is 11. The summed E-state index contributed by atoms with van der Waals surface area (Å²) in [6.45, 7) is 4.61. The van der Waals surface area contributed by atoms with Crippen LogP contribution in [0.5, 0.6) is 0 Å². The van der Waals surface area contributed by atoms with E-state index < -0.39 is 0 Å². The van der Waals surface area contributed by atoms with Crippen molar-refractivity contribution >= 4 is 34.1 Å². The predicted molar refractivity (Wildman–Crippen MR) is 203 cm³/mol. The lowest BCUT2D eigenvalue weighted by Gasteiger charge is -2.16. The topological polar surface area (TPSA) is 48.1 Å². The molecule has 0 saturated carbocycles. The van der Waals surface area contributed by atoms with E-state index >= 15 is 0 Å². The Labute approximate surface area is 279 Å². The van der Waals surface area contributed by atoms with Crippen LogP contribution < -0.4 is 21.3 Å². The lowest BCUT2D eigenvalue weighted by molar-refractivity contribution is 0.524. The molecule has 0 spiro atoms. The van der Waals surface area contributed by atoms with Crippen LogP contribution in [0.2, 0.25) is 0 Å². The summed E-state index contributed by atoms with van der Waals surface area (Å²) in [5, 5.41) is 14.2. The van der Waals surface area contributed by atoms with Crippen molar-refractivity contribution in [3.05, 3.63) is 109 Å². The highest BCUT2D eigenvalue weighted by molar-refractivity contribution is 5.63. The van der Waals surface area contributed by atoms with Gasteiger partial charge in [0.2, 0.25) is 0 Å². The maximum absolute atomic E-state index is 3.67. The van der Waals surface area contributed by atoms with Gasteiger partial charge in [0.1, 0.15) is 0 Å². The van der Waals surface area contributed by atoms with Crippen molar-refractivity contribution < 1.29 is 0 Å². The van der Waals surface area contributed by atoms with Gasteiger partial charge in [-0.25, -0.2) is 0 Å². The maximum Gasteiger partial charge on any atom is 0.0385 e. The van der Waals surface area contributed by atoms with Crippen LogP contribution in [0.3, 0.4) is 0 Å². The minimum Gasteiger partial charge on any atom is -0.383 e. The number of para-hydroxylation sites is 2. The van der Waals surface area contributed by atoms with E-state index in [0.29, 0.717) is 12.1 Å². The Morgan fingerprint density at radius 2 is 0.587 bits per heavy atom. The first-order chi connectivity index (χ1) is 22.6. The van der Waals surface area contributed by atoms with E-state index in [0.717, 1.165) is 22.7 Å². The molecular weight excluding hydrogens is 560 g/mol. The normalized spacial score (nSPS) is 12.3. The van der Waals surface area contributed by atoms with Crippen LogP contribution in [0.1, 0.15) is 104 Å². The standard InChI is InChI=1S/C42H58N4/c1-35(43-39-27-31-41(32-28-39)45-37-23-17-13-18-24-37)21-15-11-9-7-5-3-4-6-8-10-12-16-22-36(2)44-40-29-33-42(34-30-40)46-38-25-19-14-20-26-38/h13-14,17-20,23-36,43-46H,3-12,15-16,21-22H2,1-2H3. The zero-order valence-electron chi connectivity index (χ0n) is 28.4. The minimum absolute atomic E-state index is 0.507. The fraction of sp³-hybridized carbons (Fsp3) is 0.429. The molecule has 46 heavy (non-hydrogen) atoms. The third-order valence-electron chi connectivity index (χ3n) is 8.75. The third-order valence-corrected chi connectivity index (χ3v) is 8.75. The van der Waals surface area contributed by atoms with E-state index in [1.165, 1.54) is 101 Å². The molecule has 4 nitrogen and oxygen atoms in total. The second-order valence-electron chi connectivity index (χ2n) is 13.0. The summed E-state index contributed by atoms with van der Waals surface area (Å²) in [5.41, 5.74) is 6.88. The first-order valence-corrected chi connectivity index (χ1v) is 18.0. The van der Waals surface area contributed by atoms with E-state index in [1.54, 1.807) is 0 Å². The Morgan fingerprint density at radius 1 is 0.326 bits per heavy atom. The number of anilines is 6. The first-order valence-electron chi connectivity index (χ1n) is 18.0. The molecule has 0 aliphatic rings. The van der Waals surface area contributed by atoms with Gasteiger partial charge in [0.15, 0.2) is 0 Å². The van der Waals surface area contributed by atoms with Crippen molar-refractivity contribution in [1.29, 1.82) is 0 Å². The molecule has 246 valence electrons. The second-order valence-corrected chi connectivity index (χ2v) is 13.0. The van der Waals surface area contributed by atoms with Gasteiger partial charge in [-0.15, -0.1) is 0 Å². The van der Waals surface area contributed by atoms with E-state index in [-0.39, 0.29) is 0 Å². The molecule has 0 fully saturated rings. The molecule has 4 aromatic carbocycles. The molecular formula is C42H58N4. The molecule has 0 aromatic heterocycles. The summed E-state index contributed by atoms with van der Waals surface area (Å²) in [7, 11) is 0. The highest BCUT2D eigenvalue weighted by Crippen LogP contribution is 2.22. The molecule has 2 atom stereocenters. The molecule has 0 aliphatic carbocycles. The van der Waals surface area contributed by atoms with Crippen molar-refractivity contribution in [3.63, 3.8) is 0 Å². The Balaban J connectivity index is 0.908. The molecule has 0 amide bonds. The lowest BCUT2D eigenvalue weighted by Crippen LogP contribution is -2.14. The summed E-state index contributed by atoms with van der Waals surface area (Å²) < 4.78 is 0. The van der Waals surface area contributed by atoms with Gasteiger partial charge in [0.05, 0.1) is 0 Å². The van der Waals surface area contributed by atoms with E-state index in [4.69, 9.17) is 0 Å². The van der Waals surface area contributed by atoms with Crippen LogP contribution in [0.25, 0.3) is 0 Å². The van der Waals surface area contributed by atoms with E-state index in [1.807, 2.05) is 12.1 Å². The summed E-state index contributed by atoms with van der Waals surface area (Å²) in [5.74, 6) is 0. The molecule has 4 N–H and O–H groups in total. The van der Waals surface area contributed by atoms with Crippen LogP contribution in [0.4, 0.5) is 34.1 Å². The number of benzene rings is 4. The minimum atomic E-state index is 0.507. The average molecular weight is 619 g/mol. The average Bonchev–Trinajstić information content (AvgIpc) is 3.07. The van der Waals surface area contributed by atoms with E-state index in [2.05, 4.69) is 132 Å². The van der Waals surface area contributed by atoms with Crippen LogP contribution in [-0.2, 0) is 0 Å². The monoisotopic (exact) mass is 618 g/mol. The number of nitrogens with one attached hydrogen (secondary N) is 4. The van der Waals surface area contributed by atoms with Gasteiger partial charge >= 0.3 is 0 Å². The van der Waals surface area contributed by atoms with Crippen LogP contribution >= 0.6 is 0 Å². The van der Waals surface area contributed by atoms with Gasteiger partial charge in [-0.1, -0.05) is 113 Å². The molecule has 0 radical (unpaired) electrons.